The van der Waals surface area contributed by atoms with Crippen molar-refractivity contribution in [2.45, 2.75) is 45.6 Å². The first-order valence-electron chi connectivity index (χ1n) is 7.52. The number of hydrogen-bond acceptors (Lipinski definition) is 2. The third kappa shape index (κ3) is 3.43. The number of amides is 1. The van der Waals surface area contributed by atoms with Gasteiger partial charge in [0, 0.05) is 6.04 Å². The highest BCUT2D eigenvalue weighted by atomic mass is 16.4. The van der Waals surface area contributed by atoms with Gasteiger partial charge in [-0.2, -0.15) is 0 Å². The summed E-state index contributed by atoms with van der Waals surface area (Å²) in [7, 11) is 0. The molecule has 0 aliphatic heterocycles. The van der Waals surface area contributed by atoms with E-state index in [-0.39, 0.29) is 17.4 Å². The van der Waals surface area contributed by atoms with Crippen molar-refractivity contribution in [1.29, 1.82) is 0 Å². The molecular weight excluding hydrogens is 266 g/mol. The largest absolute Gasteiger partial charge is 0.481 e. The van der Waals surface area contributed by atoms with Gasteiger partial charge in [0.15, 0.2) is 0 Å². The van der Waals surface area contributed by atoms with E-state index < -0.39 is 11.9 Å². The summed E-state index contributed by atoms with van der Waals surface area (Å²) >= 11 is 0. The Morgan fingerprint density at radius 3 is 2.33 bits per heavy atom. The predicted molar refractivity (Wildman–Crippen MR) is 80.8 cm³/mol. The SMILES string of the molecule is CC(NC(=O)C1(Cc2ccccc2)CCC1)C(C)C(=O)O. The molecule has 1 amide bonds. The molecule has 0 spiro atoms. The van der Waals surface area contributed by atoms with Crippen LogP contribution < -0.4 is 5.32 Å². The van der Waals surface area contributed by atoms with E-state index in [4.69, 9.17) is 5.11 Å². The maximum absolute atomic E-state index is 12.6. The van der Waals surface area contributed by atoms with Crippen LogP contribution in [0.15, 0.2) is 30.3 Å². The van der Waals surface area contributed by atoms with Gasteiger partial charge < -0.3 is 10.4 Å². The van der Waals surface area contributed by atoms with E-state index in [9.17, 15) is 9.59 Å². The van der Waals surface area contributed by atoms with Crippen LogP contribution in [-0.2, 0) is 16.0 Å². The minimum Gasteiger partial charge on any atom is -0.481 e. The van der Waals surface area contributed by atoms with Crippen molar-refractivity contribution in [3.63, 3.8) is 0 Å². The van der Waals surface area contributed by atoms with Gasteiger partial charge in [0.2, 0.25) is 5.91 Å². The van der Waals surface area contributed by atoms with E-state index >= 15 is 0 Å². The van der Waals surface area contributed by atoms with Gasteiger partial charge in [-0.1, -0.05) is 36.8 Å². The zero-order chi connectivity index (χ0) is 15.5. The fraction of sp³-hybridized carbons (Fsp3) is 0.529. The molecule has 2 atom stereocenters. The first-order chi connectivity index (χ1) is 9.94. The van der Waals surface area contributed by atoms with Gasteiger partial charge in [0.1, 0.15) is 0 Å². The maximum atomic E-state index is 12.6. The number of nitrogens with one attached hydrogen (secondary N) is 1. The van der Waals surface area contributed by atoms with Gasteiger partial charge in [-0.25, -0.2) is 0 Å². The van der Waals surface area contributed by atoms with Crippen LogP contribution >= 0.6 is 0 Å². The molecule has 4 heteroatoms. The Hall–Kier alpha value is -1.84. The van der Waals surface area contributed by atoms with Crippen molar-refractivity contribution in [2.24, 2.45) is 11.3 Å². The molecule has 21 heavy (non-hydrogen) atoms. The van der Waals surface area contributed by atoms with Crippen LogP contribution in [0.5, 0.6) is 0 Å². The zero-order valence-electron chi connectivity index (χ0n) is 12.6. The Labute approximate surface area is 125 Å². The third-order valence-electron chi connectivity index (χ3n) is 4.68. The van der Waals surface area contributed by atoms with Crippen LogP contribution in [-0.4, -0.2) is 23.0 Å². The summed E-state index contributed by atoms with van der Waals surface area (Å²) in [5.41, 5.74) is 0.805. The Morgan fingerprint density at radius 2 is 1.86 bits per heavy atom. The van der Waals surface area contributed by atoms with Gasteiger partial charge in [0.25, 0.3) is 0 Å². The quantitative estimate of drug-likeness (QED) is 0.846. The number of benzene rings is 1. The number of carboxylic acid groups (broad SMARTS) is 1. The monoisotopic (exact) mass is 289 g/mol. The number of hydrogen-bond donors (Lipinski definition) is 2. The fourth-order valence-corrected chi connectivity index (χ4v) is 2.77. The second-order valence-corrected chi connectivity index (χ2v) is 6.19. The molecule has 1 fully saturated rings. The van der Waals surface area contributed by atoms with Gasteiger partial charge in [-0.15, -0.1) is 0 Å². The van der Waals surface area contributed by atoms with E-state index in [0.29, 0.717) is 0 Å². The lowest BCUT2D eigenvalue weighted by Gasteiger charge is -2.41. The molecule has 1 saturated carbocycles. The fourth-order valence-electron chi connectivity index (χ4n) is 2.77. The molecule has 0 bridgehead atoms. The van der Waals surface area contributed by atoms with Crippen LogP contribution in [0.2, 0.25) is 0 Å². The molecule has 0 saturated heterocycles. The molecular formula is C17H23NO3. The minimum absolute atomic E-state index is 0.00166. The number of carbonyl (C=O) groups is 2. The second kappa shape index (κ2) is 6.29. The third-order valence-corrected chi connectivity index (χ3v) is 4.68. The average Bonchev–Trinajstić information content (AvgIpc) is 2.42. The molecule has 2 unspecified atom stereocenters. The van der Waals surface area contributed by atoms with E-state index in [1.807, 2.05) is 30.3 Å². The summed E-state index contributed by atoms with van der Waals surface area (Å²) in [6, 6.07) is 9.65. The lowest BCUT2D eigenvalue weighted by molar-refractivity contribution is -0.143. The van der Waals surface area contributed by atoms with Gasteiger partial charge in [-0.3, -0.25) is 9.59 Å². The number of carboxylic acids is 1. The molecule has 4 nitrogen and oxygen atoms in total. The Bertz CT molecular complexity index is 508. The van der Waals surface area contributed by atoms with Gasteiger partial charge in [-0.05, 0) is 38.7 Å². The Morgan fingerprint density at radius 1 is 1.24 bits per heavy atom. The lowest BCUT2D eigenvalue weighted by atomic mass is 9.64. The summed E-state index contributed by atoms with van der Waals surface area (Å²) in [6.45, 7) is 3.38. The highest BCUT2D eigenvalue weighted by Gasteiger charge is 2.44. The second-order valence-electron chi connectivity index (χ2n) is 6.19. The number of rotatable bonds is 6. The Balaban J connectivity index is 2.03. The molecule has 1 aromatic rings. The van der Waals surface area contributed by atoms with Gasteiger partial charge in [0.05, 0.1) is 11.3 Å². The maximum Gasteiger partial charge on any atom is 0.308 e. The summed E-state index contributed by atoms with van der Waals surface area (Å²) in [5.74, 6) is -1.46. The normalized spacial score (nSPS) is 19.1. The summed E-state index contributed by atoms with van der Waals surface area (Å²) in [5, 5.41) is 11.9. The molecule has 1 aromatic carbocycles. The van der Waals surface area contributed by atoms with E-state index in [1.165, 1.54) is 0 Å². The first-order valence-corrected chi connectivity index (χ1v) is 7.52. The van der Waals surface area contributed by atoms with Crippen LogP contribution in [0, 0.1) is 11.3 Å². The van der Waals surface area contributed by atoms with E-state index in [0.717, 1.165) is 31.2 Å². The molecule has 2 rings (SSSR count). The van der Waals surface area contributed by atoms with Crippen molar-refractivity contribution in [3.05, 3.63) is 35.9 Å². The van der Waals surface area contributed by atoms with Crippen molar-refractivity contribution >= 4 is 11.9 Å². The smallest absolute Gasteiger partial charge is 0.308 e. The molecule has 2 N–H and O–H groups in total. The van der Waals surface area contributed by atoms with Gasteiger partial charge >= 0.3 is 5.97 Å². The van der Waals surface area contributed by atoms with E-state index in [2.05, 4.69) is 5.32 Å². The van der Waals surface area contributed by atoms with Crippen LogP contribution in [0.1, 0.15) is 38.7 Å². The standard InChI is InChI=1S/C17H23NO3/c1-12(15(19)20)13(2)18-16(21)17(9-6-10-17)11-14-7-4-3-5-8-14/h3-5,7-8,12-13H,6,9-11H2,1-2H3,(H,18,21)(H,19,20). The molecule has 1 aliphatic carbocycles. The summed E-state index contributed by atoms with van der Waals surface area (Å²) in [6.07, 6.45) is 3.54. The van der Waals surface area contributed by atoms with E-state index in [1.54, 1.807) is 13.8 Å². The molecule has 0 radical (unpaired) electrons. The van der Waals surface area contributed by atoms with Crippen LogP contribution in [0.25, 0.3) is 0 Å². The highest BCUT2D eigenvalue weighted by molar-refractivity contribution is 5.84. The Kier molecular flexibility index (Phi) is 4.66. The van der Waals surface area contributed by atoms with Crippen LogP contribution in [0.4, 0.5) is 0 Å². The summed E-state index contributed by atoms with van der Waals surface area (Å²) in [4.78, 5) is 23.6. The topological polar surface area (TPSA) is 66.4 Å². The molecule has 0 aromatic heterocycles. The number of carbonyl (C=O) groups excluding carboxylic acids is 1. The van der Waals surface area contributed by atoms with Crippen LogP contribution in [0.3, 0.4) is 0 Å². The molecule has 114 valence electrons. The average molecular weight is 289 g/mol. The van der Waals surface area contributed by atoms with Crippen molar-refractivity contribution in [1.82, 2.24) is 5.32 Å². The summed E-state index contributed by atoms with van der Waals surface area (Å²) < 4.78 is 0. The molecule has 1 aliphatic rings. The number of aliphatic carboxylic acids is 1. The van der Waals surface area contributed by atoms with Crippen molar-refractivity contribution in [2.75, 3.05) is 0 Å². The highest BCUT2D eigenvalue weighted by Crippen LogP contribution is 2.44. The van der Waals surface area contributed by atoms with Crippen molar-refractivity contribution in [3.8, 4) is 0 Å². The molecule has 0 heterocycles. The zero-order valence-corrected chi connectivity index (χ0v) is 12.6. The lowest BCUT2D eigenvalue weighted by Crippen LogP contribution is -2.51. The van der Waals surface area contributed by atoms with Crippen molar-refractivity contribution < 1.29 is 14.7 Å². The predicted octanol–water partition coefficient (Wildman–Crippen LogP) is 2.62. The first kappa shape index (κ1) is 15.5. The minimum atomic E-state index is -0.881.